The predicted molar refractivity (Wildman–Crippen MR) is 85.8 cm³/mol. The molecule has 0 aliphatic carbocycles. The lowest BCUT2D eigenvalue weighted by molar-refractivity contribution is 0.0612. The average molecular weight is 306 g/mol. The molecule has 1 heterocycles. The van der Waals surface area contributed by atoms with E-state index in [9.17, 15) is 4.79 Å². The van der Waals surface area contributed by atoms with E-state index in [1.54, 1.807) is 0 Å². The lowest BCUT2D eigenvalue weighted by Crippen LogP contribution is -2.49. The zero-order valence-electron chi connectivity index (χ0n) is 13.5. The summed E-state index contributed by atoms with van der Waals surface area (Å²) in [5, 5.41) is 8.94. The minimum absolute atomic E-state index is 0.0833. The van der Waals surface area contributed by atoms with Crippen molar-refractivity contribution in [3.05, 3.63) is 35.4 Å². The van der Waals surface area contributed by atoms with Gasteiger partial charge in [0.15, 0.2) is 0 Å². The molecule has 1 amide bonds. The molecule has 1 N–H and O–H groups in total. The van der Waals surface area contributed by atoms with Gasteiger partial charge >= 0.3 is 0 Å². The average Bonchev–Trinajstić information content (AvgIpc) is 2.54. The Kier molecular flexibility index (Phi) is 6.36. The van der Waals surface area contributed by atoms with Crippen molar-refractivity contribution in [1.29, 1.82) is 0 Å². The Morgan fingerprint density at radius 3 is 2.36 bits per heavy atom. The van der Waals surface area contributed by atoms with Crippen LogP contribution < -0.4 is 0 Å². The van der Waals surface area contributed by atoms with Crippen LogP contribution >= 0.6 is 0 Å². The number of aliphatic hydroxyl groups is 1. The molecule has 0 radical (unpaired) electrons. The molecule has 0 aromatic heterocycles. The Morgan fingerprint density at radius 1 is 1.18 bits per heavy atom. The topological polar surface area (TPSA) is 53.0 Å². The van der Waals surface area contributed by atoms with Gasteiger partial charge in [-0.2, -0.15) is 0 Å². The number of benzene rings is 1. The van der Waals surface area contributed by atoms with Crippen LogP contribution in [0.4, 0.5) is 0 Å². The van der Waals surface area contributed by atoms with Gasteiger partial charge in [0, 0.05) is 38.3 Å². The summed E-state index contributed by atoms with van der Waals surface area (Å²) in [6.07, 6.45) is 0.205. The Labute approximate surface area is 132 Å². The van der Waals surface area contributed by atoms with Crippen molar-refractivity contribution < 1.29 is 14.6 Å². The number of amides is 1. The van der Waals surface area contributed by atoms with Crippen LogP contribution in [0.15, 0.2) is 24.3 Å². The fraction of sp³-hybridized carbons (Fsp3) is 0.588. The smallest absolute Gasteiger partial charge is 0.253 e. The molecule has 122 valence electrons. The van der Waals surface area contributed by atoms with Crippen molar-refractivity contribution in [3.63, 3.8) is 0 Å². The number of hydrogen-bond acceptors (Lipinski definition) is 4. The van der Waals surface area contributed by atoms with Gasteiger partial charge in [-0.05, 0) is 31.5 Å². The second kappa shape index (κ2) is 8.27. The lowest BCUT2D eigenvalue weighted by Gasteiger charge is -2.34. The van der Waals surface area contributed by atoms with Gasteiger partial charge in [-0.3, -0.25) is 9.69 Å². The molecule has 1 aliphatic rings. The van der Waals surface area contributed by atoms with Gasteiger partial charge in [-0.15, -0.1) is 0 Å². The summed E-state index contributed by atoms with van der Waals surface area (Å²) in [7, 11) is 0. The number of carbonyl (C=O) groups is 1. The summed E-state index contributed by atoms with van der Waals surface area (Å²) in [5.74, 6) is 0.0833. The fourth-order valence-corrected chi connectivity index (χ4v) is 2.51. The van der Waals surface area contributed by atoms with E-state index < -0.39 is 0 Å². The molecule has 0 spiro atoms. The van der Waals surface area contributed by atoms with Crippen LogP contribution in [-0.2, 0) is 11.3 Å². The van der Waals surface area contributed by atoms with Gasteiger partial charge in [0.25, 0.3) is 5.91 Å². The number of aliphatic hydroxyl groups excluding tert-OH is 1. The van der Waals surface area contributed by atoms with Crippen molar-refractivity contribution >= 4 is 5.91 Å². The summed E-state index contributed by atoms with van der Waals surface area (Å²) >= 11 is 0. The van der Waals surface area contributed by atoms with Gasteiger partial charge in [0.2, 0.25) is 0 Å². The van der Waals surface area contributed by atoms with Crippen molar-refractivity contribution in [2.45, 2.75) is 26.6 Å². The van der Waals surface area contributed by atoms with Crippen LogP contribution in [0.3, 0.4) is 0 Å². The van der Waals surface area contributed by atoms with Crippen molar-refractivity contribution in [2.24, 2.45) is 0 Å². The molecule has 2 rings (SSSR count). The third-order valence-corrected chi connectivity index (χ3v) is 3.86. The van der Waals surface area contributed by atoms with E-state index in [0.717, 1.165) is 37.3 Å². The largest absolute Gasteiger partial charge is 0.395 e. The molecular formula is C17H26N2O3. The van der Waals surface area contributed by atoms with Crippen LogP contribution in [0.25, 0.3) is 0 Å². The highest BCUT2D eigenvalue weighted by molar-refractivity contribution is 5.94. The normalized spacial score (nSPS) is 16.3. The molecule has 1 fully saturated rings. The molecule has 0 saturated carbocycles. The zero-order chi connectivity index (χ0) is 15.9. The first-order valence-electron chi connectivity index (χ1n) is 7.93. The number of piperazine rings is 1. The molecule has 5 nitrogen and oxygen atoms in total. The summed E-state index contributed by atoms with van der Waals surface area (Å²) in [6.45, 7) is 8.54. The maximum Gasteiger partial charge on any atom is 0.253 e. The maximum atomic E-state index is 12.5. The minimum Gasteiger partial charge on any atom is -0.395 e. The van der Waals surface area contributed by atoms with Gasteiger partial charge in [0.1, 0.15) is 0 Å². The Balaban J connectivity index is 1.87. The number of β-amino-alcohol motifs (C(OH)–C–C–N with tert-alkyl or cyclic N) is 1. The maximum absolute atomic E-state index is 12.5. The standard InChI is InChI=1S/C17H26N2O3/c1-14(2)22-13-15-3-5-16(6-4-15)17(21)19-9-7-18(8-10-19)11-12-20/h3-6,14,20H,7-13H2,1-2H3. The van der Waals surface area contributed by atoms with Crippen LogP contribution in [0.1, 0.15) is 29.8 Å². The fourth-order valence-electron chi connectivity index (χ4n) is 2.51. The second-order valence-electron chi connectivity index (χ2n) is 5.91. The summed E-state index contributed by atoms with van der Waals surface area (Å²) < 4.78 is 5.56. The summed E-state index contributed by atoms with van der Waals surface area (Å²) in [6, 6.07) is 7.66. The molecule has 0 atom stereocenters. The third-order valence-electron chi connectivity index (χ3n) is 3.86. The number of nitrogens with zero attached hydrogens (tertiary/aromatic N) is 2. The van der Waals surface area contributed by atoms with Gasteiger partial charge in [-0.25, -0.2) is 0 Å². The Morgan fingerprint density at radius 2 is 1.82 bits per heavy atom. The first-order valence-corrected chi connectivity index (χ1v) is 7.93. The van der Waals surface area contributed by atoms with Crippen LogP contribution in [0, 0.1) is 0 Å². The van der Waals surface area contributed by atoms with Crippen LogP contribution in [-0.4, -0.2) is 66.2 Å². The Bertz CT molecular complexity index is 465. The number of rotatable bonds is 6. The zero-order valence-corrected chi connectivity index (χ0v) is 13.5. The molecule has 5 heteroatoms. The van der Waals surface area contributed by atoms with Crippen molar-refractivity contribution in [2.75, 3.05) is 39.3 Å². The highest BCUT2D eigenvalue weighted by atomic mass is 16.5. The van der Waals surface area contributed by atoms with E-state index in [0.29, 0.717) is 13.2 Å². The van der Waals surface area contributed by atoms with Crippen molar-refractivity contribution in [3.8, 4) is 0 Å². The summed E-state index contributed by atoms with van der Waals surface area (Å²) in [4.78, 5) is 16.5. The SMILES string of the molecule is CC(C)OCc1ccc(C(=O)N2CCN(CCO)CC2)cc1. The molecule has 1 aliphatic heterocycles. The van der Waals surface area contributed by atoms with E-state index in [4.69, 9.17) is 9.84 Å². The van der Waals surface area contributed by atoms with Crippen LogP contribution in [0.5, 0.6) is 0 Å². The number of ether oxygens (including phenoxy) is 1. The van der Waals surface area contributed by atoms with E-state index in [1.807, 2.05) is 43.0 Å². The van der Waals surface area contributed by atoms with Crippen molar-refractivity contribution in [1.82, 2.24) is 9.80 Å². The van der Waals surface area contributed by atoms with E-state index >= 15 is 0 Å². The molecule has 0 bridgehead atoms. The van der Waals surface area contributed by atoms with Gasteiger partial charge in [-0.1, -0.05) is 12.1 Å². The predicted octanol–water partition coefficient (Wildman–Crippen LogP) is 1.36. The number of carbonyl (C=O) groups excluding carboxylic acids is 1. The van der Waals surface area contributed by atoms with E-state index in [1.165, 1.54) is 0 Å². The highest BCUT2D eigenvalue weighted by Gasteiger charge is 2.21. The van der Waals surface area contributed by atoms with Crippen LogP contribution in [0.2, 0.25) is 0 Å². The molecule has 1 aromatic rings. The van der Waals surface area contributed by atoms with Gasteiger partial charge in [0.05, 0.1) is 19.3 Å². The molecule has 0 unspecified atom stereocenters. The lowest BCUT2D eigenvalue weighted by atomic mass is 10.1. The quantitative estimate of drug-likeness (QED) is 0.862. The molecule has 1 saturated heterocycles. The highest BCUT2D eigenvalue weighted by Crippen LogP contribution is 2.11. The summed E-state index contributed by atoms with van der Waals surface area (Å²) in [5.41, 5.74) is 1.81. The van der Waals surface area contributed by atoms with Gasteiger partial charge < -0.3 is 14.7 Å². The molecule has 22 heavy (non-hydrogen) atoms. The number of hydrogen-bond donors (Lipinski definition) is 1. The first kappa shape index (κ1) is 16.9. The minimum atomic E-state index is 0.0833. The molecule has 1 aromatic carbocycles. The second-order valence-corrected chi connectivity index (χ2v) is 5.91. The third kappa shape index (κ3) is 4.80. The van der Waals surface area contributed by atoms with E-state index in [2.05, 4.69) is 4.90 Å². The first-order chi connectivity index (χ1) is 10.6. The monoisotopic (exact) mass is 306 g/mol. The Hall–Kier alpha value is -1.43. The van der Waals surface area contributed by atoms with E-state index in [-0.39, 0.29) is 18.6 Å². The molecular weight excluding hydrogens is 280 g/mol.